The Bertz CT molecular complexity index is 1590. The van der Waals surface area contributed by atoms with E-state index in [4.69, 9.17) is 9.47 Å². The molecule has 0 bridgehead atoms. The molecule has 0 amide bonds. The van der Waals surface area contributed by atoms with Crippen molar-refractivity contribution in [1.29, 1.82) is 5.26 Å². The fraction of sp³-hybridized carbons (Fsp3) is 0.414. The van der Waals surface area contributed by atoms with Crippen molar-refractivity contribution < 1.29 is 33.2 Å². The molecule has 12 heteroatoms. The second-order valence-electron chi connectivity index (χ2n) is 10.2. The number of thiophene rings is 1. The minimum absolute atomic E-state index is 0.222. The van der Waals surface area contributed by atoms with Crippen LogP contribution in [-0.4, -0.2) is 80.7 Å². The van der Waals surface area contributed by atoms with E-state index >= 15 is 0 Å². The summed E-state index contributed by atoms with van der Waals surface area (Å²) in [7, 11) is -4.48. The molecule has 2 fully saturated rings. The lowest BCUT2D eigenvalue weighted by atomic mass is 9.96. The SMILES string of the molecule is CC[C@H]1OC(O)[C@H](NS(=O)(=O)/C(C#N)=C(\C)c2ccc(-c3ccc4cc(N5CCOCC5)ccc4c3)s2)[C@@H](O)[C@@H]1O. The smallest absolute Gasteiger partial charge is 0.251 e. The number of hydrogen-bond acceptors (Lipinski definition) is 10. The summed E-state index contributed by atoms with van der Waals surface area (Å²) in [6, 6.07) is 16.4. The van der Waals surface area contributed by atoms with Crippen LogP contribution in [0.4, 0.5) is 5.69 Å². The van der Waals surface area contributed by atoms with E-state index in [-0.39, 0.29) is 5.57 Å². The first-order valence-electron chi connectivity index (χ1n) is 13.4. The fourth-order valence-corrected chi connectivity index (χ4v) is 7.64. The Labute approximate surface area is 243 Å². The van der Waals surface area contributed by atoms with Crippen molar-refractivity contribution in [3.63, 3.8) is 0 Å². The van der Waals surface area contributed by atoms with Gasteiger partial charge in [0.25, 0.3) is 10.0 Å². The molecule has 2 saturated heterocycles. The number of rotatable bonds is 7. The summed E-state index contributed by atoms with van der Waals surface area (Å²) in [4.78, 5) is 3.24. The first kappa shape index (κ1) is 29.6. The maximum atomic E-state index is 13.2. The molecule has 0 saturated carbocycles. The molecule has 41 heavy (non-hydrogen) atoms. The van der Waals surface area contributed by atoms with E-state index in [0.29, 0.717) is 11.3 Å². The monoisotopic (exact) mass is 599 g/mol. The third kappa shape index (κ3) is 6.04. The van der Waals surface area contributed by atoms with Crippen molar-refractivity contribution in [2.45, 2.75) is 50.9 Å². The molecule has 3 heterocycles. The third-order valence-electron chi connectivity index (χ3n) is 7.58. The van der Waals surface area contributed by atoms with Crippen LogP contribution in [0, 0.1) is 11.3 Å². The zero-order valence-electron chi connectivity index (χ0n) is 22.7. The molecule has 5 atom stereocenters. The van der Waals surface area contributed by atoms with Crippen LogP contribution >= 0.6 is 11.3 Å². The molecule has 5 rings (SSSR count). The maximum absolute atomic E-state index is 13.2. The highest BCUT2D eigenvalue weighted by atomic mass is 32.2. The summed E-state index contributed by atoms with van der Waals surface area (Å²) < 4.78 is 39.3. The van der Waals surface area contributed by atoms with E-state index in [2.05, 4.69) is 40.0 Å². The molecular weight excluding hydrogens is 566 g/mol. The lowest BCUT2D eigenvalue weighted by molar-refractivity contribution is -0.244. The summed E-state index contributed by atoms with van der Waals surface area (Å²) in [6.45, 7) is 6.40. The van der Waals surface area contributed by atoms with Gasteiger partial charge in [0.15, 0.2) is 11.2 Å². The van der Waals surface area contributed by atoms with Crippen molar-refractivity contribution in [1.82, 2.24) is 4.72 Å². The Morgan fingerprint density at radius 2 is 1.78 bits per heavy atom. The van der Waals surface area contributed by atoms with Crippen molar-refractivity contribution in [2.75, 3.05) is 31.2 Å². The predicted octanol–water partition coefficient (Wildman–Crippen LogP) is 2.80. The van der Waals surface area contributed by atoms with Crippen LogP contribution in [0.5, 0.6) is 0 Å². The first-order chi connectivity index (χ1) is 19.6. The van der Waals surface area contributed by atoms with Crippen LogP contribution in [-0.2, 0) is 19.5 Å². The number of sulfonamides is 1. The lowest BCUT2D eigenvalue weighted by Crippen LogP contribution is -2.63. The number of nitriles is 1. The average molecular weight is 600 g/mol. The van der Waals surface area contributed by atoms with Crippen LogP contribution in [0.25, 0.3) is 26.8 Å². The molecular formula is C29H33N3O7S2. The van der Waals surface area contributed by atoms with Crippen LogP contribution in [0.15, 0.2) is 53.4 Å². The Balaban J connectivity index is 1.38. The van der Waals surface area contributed by atoms with Gasteiger partial charge in [-0.05, 0) is 65.6 Å². The van der Waals surface area contributed by atoms with E-state index in [1.165, 1.54) is 18.3 Å². The second kappa shape index (κ2) is 12.2. The van der Waals surface area contributed by atoms with Crippen LogP contribution in [0.1, 0.15) is 25.1 Å². The Kier molecular flexibility index (Phi) is 8.79. The quantitative estimate of drug-likeness (QED) is 0.300. The number of benzene rings is 2. The van der Waals surface area contributed by atoms with Gasteiger partial charge in [-0.25, -0.2) is 8.42 Å². The van der Waals surface area contributed by atoms with E-state index in [0.717, 1.165) is 53.2 Å². The van der Waals surface area contributed by atoms with Crippen LogP contribution < -0.4 is 9.62 Å². The topological polar surface area (TPSA) is 152 Å². The molecule has 4 N–H and O–H groups in total. The fourth-order valence-electron chi connectivity index (χ4n) is 5.21. The largest absolute Gasteiger partial charge is 0.388 e. The third-order valence-corrected chi connectivity index (χ3v) is 10.4. The first-order valence-corrected chi connectivity index (χ1v) is 15.7. The lowest BCUT2D eigenvalue weighted by Gasteiger charge is -2.40. The van der Waals surface area contributed by atoms with Crippen molar-refractivity contribution >= 4 is 43.4 Å². The number of aliphatic hydroxyl groups is 3. The standard InChI is InChI=1S/C29H33N3O7S2/c1-3-22-27(33)28(34)26(29(35)39-22)31-41(36,37)25(16-30)17(2)23-8-9-24(40-23)20-5-4-19-15-21(7-6-18(19)14-20)32-10-12-38-13-11-32/h4-9,14-15,22,26-29,31,33-35H,3,10-13H2,1-2H3/b25-17+/t22-,26-,27-,28-,29?/m1/s1. The Morgan fingerprint density at radius 3 is 2.49 bits per heavy atom. The number of fused-ring (bicyclic) bond motifs is 1. The highest BCUT2D eigenvalue weighted by Gasteiger charge is 2.45. The van der Waals surface area contributed by atoms with Gasteiger partial charge in [-0.3, -0.25) is 0 Å². The molecule has 2 aliphatic heterocycles. The van der Waals surface area contributed by atoms with E-state index in [1.54, 1.807) is 19.1 Å². The summed E-state index contributed by atoms with van der Waals surface area (Å²) in [5.74, 6) is 0. The number of allylic oxidation sites excluding steroid dienone is 2. The summed E-state index contributed by atoms with van der Waals surface area (Å²) in [5.41, 5.74) is 2.34. The second-order valence-corrected chi connectivity index (χ2v) is 12.9. The normalized spacial score (nSPS) is 26.0. The number of hydrogen-bond donors (Lipinski definition) is 4. The molecule has 3 aromatic rings. The van der Waals surface area contributed by atoms with Gasteiger partial charge in [0.05, 0.1) is 19.3 Å². The molecule has 0 spiro atoms. The molecule has 2 aromatic carbocycles. The summed E-state index contributed by atoms with van der Waals surface area (Å²) in [6.07, 6.45) is -5.26. The number of nitrogens with zero attached hydrogens (tertiary/aromatic N) is 2. The Hall–Kier alpha value is -2.86. The number of aliphatic hydroxyl groups excluding tert-OH is 3. The van der Waals surface area contributed by atoms with E-state index in [1.807, 2.05) is 12.1 Å². The molecule has 1 aromatic heterocycles. The van der Waals surface area contributed by atoms with E-state index < -0.39 is 45.6 Å². The van der Waals surface area contributed by atoms with Gasteiger partial charge in [-0.15, -0.1) is 11.3 Å². The van der Waals surface area contributed by atoms with Crippen LogP contribution in [0.3, 0.4) is 0 Å². The van der Waals surface area contributed by atoms with Gasteiger partial charge in [0.1, 0.15) is 24.3 Å². The maximum Gasteiger partial charge on any atom is 0.251 e. The van der Waals surface area contributed by atoms with Gasteiger partial charge < -0.3 is 29.7 Å². The minimum atomic E-state index is -4.48. The van der Waals surface area contributed by atoms with Crippen molar-refractivity contribution in [2.24, 2.45) is 0 Å². The van der Waals surface area contributed by atoms with Crippen molar-refractivity contribution in [3.05, 3.63) is 58.3 Å². The van der Waals surface area contributed by atoms with Gasteiger partial charge in [0, 0.05) is 28.5 Å². The predicted molar refractivity (Wildman–Crippen MR) is 158 cm³/mol. The molecule has 1 unspecified atom stereocenters. The molecule has 218 valence electrons. The molecule has 0 radical (unpaired) electrons. The summed E-state index contributed by atoms with van der Waals surface area (Å²) in [5, 5.41) is 43.0. The molecule has 0 aliphatic carbocycles. The van der Waals surface area contributed by atoms with Crippen LogP contribution in [0.2, 0.25) is 0 Å². The number of anilines is 1. The highest BCUT2D eigenvalue weighted by molar-refractivity contribution is 7.93. The average Bonchev–Trinajstić information content (AvgIpc) is 3.48. The minimum Gasteiger partial charge on any atom is -0.388 e. The van der Waals surface area contributed by atoms with Gasteiger partial charge in [-0.2, -0.15) is 9.98 Å². The molecule has 10 nitrogen and oxygen atoms in total. The summed E-state index contributed by atoms with van der Waals surface area (Å²) >= 11 is 1.35. The van der Waals surface area contributed by atoms with Gasteiger partial charge in [0.2, 0.25) is 0 Å². The van der Waals surface area contributed by atoms with Gasteiger partial charge >= 0.3 is 0 Å². The zero-order valence-corrected chi connectivity index (χ0v) is 24.4. The van der Waals surface area contributed by atoms with Crippen molar-refractivity contribution in [3.8, 4) is 16.5 Å². The highest BCUT2D eigenvalue weighted by Crippen LogP contribution is 2.36. The van der Waals surface area contributed by atoms with Gasteiger partial charge in [-0.1, -0.05) is 25.1 Å². The number of nitrogens with one attached hydrogen (secondary N) is 1. The number of morpholine rings is 1. The molecule has 2 aliphatic rings. The zero-order chi connectivity index (χ0) is 29.3. The van der Waals surface area contributed by atoms with E-state index in [9.17, 15) is 29.0 Å². The number of ether oxygens (including phenoxy) is 2. The Morgan fingerprint density at radius 1 is 1.07 bits per heavy atom.